The molecule has 1 unspecified atom stereocenters. The molecule has 1 aromatic carbocycles. The van der Waals surface area contributed by atoms with Crippen LogP contribution in [0.15, 0.2) is 36.7 Å². The molecule has 1 aromatic heterocycles. The van der Waals surface area contributed by atoms with Crippen LogP contribution in [0.25, 0.3) is 5.69 Å². The number of nitrogens with one attached hydrogen (secondary N) is 1. The average molecular weight is 382 g/mol. The third-order valence-electron chi connectivity index (χ3n) is 4.57. The lowest BCUT2D eigenvalue weighted by atomic mass is 9.90. The molecule has 27 heavy (non-hydrogen) atoms. The number of anilines is 1. The van der Waals surface area contributed by atoms with Crippen molar-refractivity contribution in [1.29, 1.82) is 0 Å². The zero-order valence-electron chi connectivity index (χ0n) is 14.3. The Kier molecular flexibility index (Phi) is 4.58. The third-order valence-corrected chi connectivity index (χ3v) is 4.57. The van der Waals surface area contributed by atoms with Gasteiger partial charge < -0.3 is 15.3 Å². The summed E-state index contributed by atoms with van der Waals surface area (Å²) in [5.41, 5.74) is -0.976. The summed E-state index contributed by atoms with van der Waals surface area (Å²) in [4.78, 5) is 24.9. The molecule has 1 aliphatic heterocycles. The van der Waals surface area contributed by atoms with Crippen molar-refractivity contribution in [3.05, 3.63) is 42.2 Å². The van der Waals surface area contributed by atoms with Crippen molar-refractivity contribution in [2.75, 3.05) is 18.4 Å². The summed E-state index contributed by atoms with van der Waals surface area (Å²) in [6, 6.07) is 4.01. The van der Waals surface area contributed by atoms with Crippen LogP contribution in [0.4, 0.5) is 23.7 Å². The fraction of sp³-hybridized carbons (Fsp3) is 0.353. The molecule has 0 spiro atoms. The molecule has 0 aliphatic carbocycles. The van der Waals surface area contributed by atoms with E-state index in [9.17, 15) is 27.9 Å². The van der Waals surface area contributed by atoms with Gasteiger partial charge in [0.2, 0.25) is 0 Å². The average Bonchev–Trinajstić information content (AvgIpc) is 3.22. The van der Waals surface area contributed by atoms with Crippen LogP contribution in [0.2, 0.25) is 0 Å². The molecule has 3 rings (SSSR count). The number of benzene rings is 1. The van der Waals surface area contributed by atoms with Gasteiger partial charge >= 0.3 is 18.2 Å². The number of halogens is 3. The van der Waals surface area contributed by atoms with Gasteiger partial charge in [-0.05, 0) is 37.6 Å². The van der Waals surface area contributed by atoms with Crippen molar-refractivity contribution in [1.82, 2.24) is 14.7 Å². The Morgan fingerprint density at radius 3 is 2.48 bits per heavy atom. The third kappa shape index (κ3) is 3.88. The maximum atomic E-state index is 12.6. The minimum Gasteiger partial charge on any atom is -0.481 e. The number of carboxylic acid groups (broad SMARTS) is 1. The highest BCUT2D eigenvalue weighted by atomic mass is 19.4. The van der Waals surface area contributed by atoms with E-state index in [1.165, 1.54) is 34.1 Å². The number of aliphatic carboxylic acids is 1. The summed E-state index contributed by atoms with van der Waals surface area (Å²) in [6.45, 7) is 2.01. The Morgan fingerprint density at radius 2 is 1.93 bits per heavy atom. The number of urea groups is 1. The molecule has 2 aromatic rings. The van der Waals surface area contributed by atoms with Gasteiger partial charge in [0.1, 0.15) is 0 Å². The number of amides is 2. The predicted molar refractivity (Wildman–Crippen MR) is 89.5 cm³/mol. The molecule has 2 heterocycles. The summed E-state index contributed by atoms with van der Waals surface area (Å²) in [7, 11) is 0. The molecule has 0 bridgehead atoms. The Labute approximate surface area is 152 Å². The maximum absolute atomic E-state index is 12.6. The Bertz CT molecular complexity index is 863. The minimum absolute atomic E-state index is 0.0984. The summed E-state index contributed by atoms with van der Waals surface area (Å²) in [5.74, 6) is -0.951. The van der Waals surface area contributed by atoms with Crippen molar-refractivity contribution >= 4 is 17.7 Å². The molecule has 2 amide bonds. The largest absolute Gasteiger partial charge is 0.481 e. The number of rotatable bonds is 3. The molecule has 1 atom stereocenters. The van der Waals surface area contributed by atoms with E-state index in [0.29, 0.717) is 24.3 Å². The van der Waals surface area contributed by atoms with E-state index < -0.39 is 29.2 Å². The number of carboxylic acids is 1. The fourth-order valence-electron chi connectivity index (χ4n) is 2.84. The van der Waals surface area contributed by atoms with Gasteiger partial charge in [-0.3, -0.25) is 4.79 Å². The quantitative estimate of drug-likeness (QED) is 0.853. The second-order valence-corrected chi connectivity index (χ2v) is 6.69. The number of hydrogen-bond donors (Lipinski definition) is 2. The van der Waals surface area contributed by atoms with Crippen LogP contribution in [0.1, 0.15) is 18.9 Å². The van der Waals surface area contributed by atoms with Crippen molar-refractivity contribution in [2.45, 2.75) is 19.5 Å². The standard InChI is InChI=1S/C17H17F3N4O3/c1-16(14(25)26)6-7-23(10-16)15(27)22-12-8-21-24(9-12)13-4-2-11(3-5-13)17(18,19)20/h2-5,8-9H,6-7,10H2,1H3,(H,22,27)(H,25,26). The van der Waals surface area contributed by atoms with Crippen molar-refractivity contribution in [3.8, 4) is 5.69 Å². The number of nitrogens with zero attached hydrogens (tertiary/aromatic N) is 3. The summed E-state index contributed by atoms with van der Waals surface area (Å²) >= 11 is 0. The lowest BCUT2D eigenvalue weighted by molar-refractivity contribution is -0.147. The van der Waals surface area contributed by atoms with E-state index in [-0.39, 0.29) is 6.54 Å². The van der Waals surface area contributed by atoms with Crippen LogP contribution in [0.3, 0.4) is 0 Å². The van der Waals surface area contributed by atoms with Crippen LogP contribution in [0.5, 0.6) is 0 Å². The van der Waals surface area contributed by atoms with Crippen molar-refractivity contribution < 1.29 is 27.9 Å². The molecule has 144 valence electrons. The van der Waals surface area contributed by atoms with Crippen molar-refractivity contribution in [2.24, 2.45) is 5.41 Å². The SMILES string of the molecule is CC1(C(=O)O)CCN(C(=O)Nc2cnn(-c3ccc(C(F)(F)F)cc3)c2)C1. The summed E-state index contributed by atoms with van der Waals surface area (Å²) < 4.78 is 39.2. The molecule has 2 N–H and O–H groups in total. The van der Waals surface area contributed by atoms with Crippen LogP contribution in [-0.4, -0.2) is 44.9 Å². The smallest absolute Gasteiger partial charge is 0.416 e. The predicted octanol–water partition coefficient (Wildman–Crippen LogP) is 3.22. The molecule has 10 heteroatoms. The molecule has 7 nitrogen and oxygen atoms in total. The van der Waals surface area contributed by atoms with E-state index in [2.05, 4.69) is 10.4 Å². The first-order valence-corrected chi connectivity index (χ1v) is 8.10. The number of hydrogen-bond acceptors (Lipinski definition) is 3. The fourth-order valence-corrected chi connectivity index (χ4v) is 2.84. The monoisotopic (exact) mass is 382 g/mol. The van der Waals surface area contributed by atoms with E-state index in [4.69, 9.17) is 0 Å². The first-order valence-electron chi connectivity index (χ1n) is 8.10. The second-order valence-electron chi connectivity index (χ2n) is 6.69. The topological polar surface area (TPSA) is 87.5 Å². The maximum Gasteiger partial charge on any atom is 0.416 e. The second kappa shape index (κ2) is 6.60. The van der Waals surface area contributed by atoms with Gasteiger partial charge in [-0.2, -0.15) is 18.3 Å². The first-order chi connectivity index (χ1) is 12.6. The minimum atomic E-state index is -4.41. The lowest BCUT2D eigenvalue weighted by Gasteiger charge is -2.20. The number of aromatic nitrogens is 2. The van der Waals surface area contributed by atoms with Gasteiger partial charge in [-0.25, -0.2) is 9.48 Å². The van der Waals surface area contributed by atoms with Gasteiger partial charge in [0.05, 0.1) is 34.7 Å². The van der Waals surface area contributed by atoms with Gasteiger partial charge in [-0.1, -0.05) is 0 Å². The Balaban J connectivity index is 1.66. The summed E-state index contributed by atoms with van der Waals surface area (Å²) in [6.07, 6.45) is -1.22. The molecule has 1 saturated heterocycles. The molecule has 1 aliphatic rings. The van der Waals surface area contributed by atoms with Gasteiger partial charge in [0.25, 0.3) is 0 Å². The number of carbonyl (C=O) groups is 2. The van der Waals surface area contributed by atoms with Gasteiger partial charge in [-0.15, -0.1) is 0 Å². The summed E-state index contributed by atoms with van der Waals surface area (Å²) in [5, 5.41) is 15.9. The number of carbonyl (C=O) groups excluding carboxylic acids is 1. The zero-order valence-corrected chi connectivity index (χ0v) is 14.3. The van der Waals surface area contributed by atoms with Crippen molar-refractivity contribution in [3.63, 3.8) is 0 Å². The number of likely N-dealkylation sites (tertiary alicyclic amines) is 1. The molecule has 1 fully saturated rings. The lowest BCUT2D eigenvalue weighted by Crippen LogP contribution is -2.37. The van der Waals surface area contributed by atoms with E-state index in [1.54, 1.807) is 6.92 Å². The molecular weight excluding hydrogens is 365 g/mol. The number of alkyl halides is 3. The Morgan fingerprint density at radius 1 is 1.26 bits per heavy atom. The highest BCUT2D eigenvalue weighted by molar-refractivity contribution is 5.90. The first kappa shape index (κ1) is 18.7. The molecular formula is C17H17F3N4O3. The highest BCUT2D eigenvalue weighted by Gasteiger charge is 2.42. The Hall–Kier alpha value is -3.04. The zero-order chi connectivity index (χ0) is 19.8. The molecule has 0 radical (unpaired) electrons. The molecule has 0 saturated carbocycles. The highest BCUT2D eigenvalue weighted by Crippen LogP contribution is 2.31. The van der Waals surface area contributed by atoms with Crippen LogP contribution < -0.4 is 5.32 Å². The van der Waals surface area contributed by atoms with Crippen LogP contribution in [0, 0.1) is 5.41 Å². The van der Waals surface area contributed by atoms with E-state index in [1.807, 2.05) is 0 Å². The van der Waals surface area contributed by atoms with Gasteiger partial charge in [0.15, 0.2) is 0 Å². The van der Waals surface area contributed by atoms with Gasteiger partial charge in [0, 0.05) is 13.1 Å². The van der Waals surface area contributed by atoms with Crippen LogP contribution in [-0.2, 0) is 11.0 Å². The van der Waals surface area contributed by atoms with E-state index >= 15 is 0 Å². The van der Waals surface area contributed by atoms with Crippen LogP contribution >= 0.6 is 0 Å². The van der Waals surface area contributed by atoms with E-state index in [0.717, 1.165) is 12.1 Å². The normalized spacial score (nSPS) is 19.9.